The van der Waals surface area contributed by atoms with Crippen LogP contribution in [0.25, 0.3) is 5.76 Å². The van der Waals surface area contributed by atoms with Crippen LogP contribution in [0.2, 0.25) is 0 Å². The lowest BCUT2D eigenvalue weighted by molar-refractivity contribution is -0.132. The Morgan fingerprint density at radius 3 is 2.13 bits per heavy atom. The molecule has 0 aliphatic carbocycles. The molecule has 3 aromatic rings. The van der Waals surface area contributed by atoms with Gasteiger partial charge in [-0.3, -0.25) is 14.5 Å². The third-order valence-corrected chi connectivity index (χ3v) is 6.49. The van der Waals surface area contributed by atoms with Crippen LogP contribution in [0.3, 0.4) is 0 Å². The molecule has 38 heavy (non-hydrogen) atoms. The fourth-order valence-corrected chi connectivity index (χ4v) is 4.73. The van der Waals surface area contributed by atoms with E-state index in [1.165, 1.54) is 12.0 Å². The van der Waals surface area contributed by atoms with Crippen molar-refractivity contribution in [1.82, 2.24) is 0 Å². The molecule has 0 radical (unpaired) electrons. The molecule has 1 heterocycles. The summed E-state index contributed by atoms with van der Waals surface area (Å²) in [5, 5.41) is 11.6. The number of ketones is 1. The first-order valence-electron chi connectivity index (χ1n) is 12.6. The first-order chi connectivity index (χ1) is 18.2. The predicted molar refractivity (Wildman–Crippen MR) is 147 cm³/mol. The molecule has 1 atom stereocenters. The molecule has 7 nitrogen and oxygen atoms in total. The van der Waals surface area contributed by atoms with Crippen molar-refractivity contribution in [3.8, 4) is 17.2 Å². The van der Waals surface area contributed by atoms with Gasteiger partial charge in [0, 0.05) is 16.8 Å². The maximum Gasteiger partial charge on any atom is 0.300 e. The minimum absolute atomic E-state index is 0.0103. The van der Waals surface area contributed by atoms with Gasteiger partial charge in [0.2, 0.25) is 0 Å². The highest BCUT2D eigenvalue weighted by Crippen LogP contribution is 2.45. The van der Waals surface area contributed by atoms with Crippen molar-refractivity contribution in [3.05, 3.63) is 89.0 Å². The van der Waals surface area contributed by atoms with Crippen LogP contribution in [0, 0.1) is 0 Å². The summed E-state index contributed by atoms with van der Waals surface area (Å²) in [4.78, 5) is 28.5. The lowest BCUT2D eigenvalue weighted by Gasteiger charge is -2.27. The van der Waals surface area contributed by atoms with Gasteiger partial charge in [0.15, 0.2) is 0 Å². The van der Waals surface area contributed by atoms with Crippen LogP contribution in [-0.4, -0.2) is 37.1 Å². The van der Waals surface area contributed by atoms with Gasteiger partial charge >= 0.3 is 0 Å². The van der Waals surface area contributed by atoms with E-state index in [9.17, 15) is 14.7 Å². The number of hydrogen-bond acceptors (Lipinski definition) is 6. The Kier molecular flexibility index (Phi) is 7.76. The van der Waals surface area contributed by atoms with Crippen LogP contribution in [0.15, 0.2) is 72.3 Å². The van der Waals surface area contributed by atoms with Gasteiger partial charge in [-0.1, -0.05) is 32.0 Å². The second-order valence-corrected chi connectivity index (χ2v) is 9.68. The van der Waals surface area contributed by atoms with Crippen molar-refractivity contribution in [2.24, 2.45) is 0 Å². The molecule has 0 spiro atoms. The zero-order valence-corrected chi connectivity index (χ0v) is 22.5. The fourth-order valence-electron chi connectivity index (χ4n) is 4.73. The van der Waals surface area contributed by atoms with Crippen molar-refractivity contribution >= 4 is 23.1 Å². The molecule has 1 saturated heterocycles. The van der Waals surface area contributed by atoms with Crippen LogP contribution in [0.5, 0.6) is 17.2 Å². The summed E-state index contributed by atoms with van der Waals surface area (Å²) in [6.07, 6.45) is -0.0103. The van der Waals surface area contributed by atoms with Gasteiger partial charge in [-0.2, -0.15) is 0 Å². The van der Waals surface area contributed by atoms with E-state index in [-0.39, 0.29) is 23.4 Å². The number of methoxy groups -OCH3 is 2. The largest absolute Gasteiger partial charge is 0.507 e. The number of aliphatic hydroxyl groups excluding tert-OH is 1. The van der Waals surface area contributed by atoms with Gasteiger partial charge in [0.05, 0.1) is 31.9 Å². The number of Topliss-reactive ketones (excluding diaryl/α,β-unsaturated/α-hetero) is 1. The third kappa shape index (κ3) is 4.96. The topological polar surface area (TPSA) is 85.3 Å². The Hall–Kier alpha value is -4.26. The summed E-state index contributed by atoms with van der Waals surface area (Å²) in [6.45, 7) is 7.89. The van der Waals surface area contributed by atoms with Crippen molar-refractivity contribution in [2.45, 2.75) is 45.8 Å². The lowest BCUT2D eigenvalue weighted by Crippen LogP contribution is -2.29. The van der Waals surface area contributed by atoms with Crippen molar-refractivity contribution in [2.75, 3.05) is 19.1 Å². The minimum Gasteiger partial charge on any atom is -0.507 e. The Bertz CT molecular complexity index is 1370. The SMILES string of the molecule is COc1ccc(/C(O)=C2\C(=O)C(=O)N(c3ccc(OC(C)C)cc3)C2c2ccccc2OC)cc1C(C)C. The molecule has 0 bridgehead atoms. The summed E-state index contributed by atoms with van der Waals surface area (Å²) in [7, 11) is 3.12. The molecule has 7 heteroatoms. The van der Waals surface area contributed by atoms with E-state index < -0.39 is 17.7 Å². The first-order valence-corrected chi connectivity index (χ1v) is 12.6. The molecular formula is C31H33NO6. The number of benzene rings is 3. The second kappa shape index (κ2) is 11.0. The Labute approximate surface area is 223 Å². The number of anilines is 1. The highest BCUT2D eigenvalue weighted by atomic mass is 16.5. The number of carbonyl (C=O) groups is 2. The summed E-state index contributed by atoms with van der Waals surface area (Å²) >= 11 is 0. The minimum atomic E-state index is -0.910. The number of hydrogen-bond donors (Lipinski definition) is 1. The average Bonchev–Trinajstić information content (AvgIpc) is 3.17. The standard InChI is InChI=1S/C31H33NO6/c1-18(2)24-17-20(11-16-26(24)37-6)29(33)27-28(23-9-7-8-10-25(23)36-5)32(31(35)30(27)34)21-12-14-22(15-13-21)38-19(3)4/h7-19,28,33H,1-6H3/b29-27+. The van der Waals surface area contributed by atoms with E-state index in [1.807, 2.05) is 39.8 Å². The van der Waals surface area contributed by atoms with Crippen LogP contribution in [-0.2, 0) is 9.59 Å². The monoisotopic (exact) mass is 515 g/mol. The highest BCUT2D eigenvalue weighted by Gasteiger charge is 2.48. The van der Waals surface area contributed by atoms with Gasteiger partial charge in [0.1, 0.15) is 23.0 Å². The number of rotatable bonds is 8. The third-order valence-electron chi connectivity index (χ3n) is 6.49. The summed E-state index contributed by atoms with van der Waals surface area (Å²) in [5.74, 6) is 0.159. The summed E-state index contributed by atoms with van der Waals surface area (Å²) in [5.41, 5.74) is 2.36. The van der Waals surface area contributed by atoms with Crippen molar-refractivity contribution in [1.29, 1.82) is 0 Å². The molecule has 1 unspecified atom stereocenters. The van der Waals surface area contributed by atoms with E-state index in [0.717, 1.165) is 5.56 Å². The number of carbonyl (C=O) groups excluding carboxylic acids is 2. The zero-order chi connectivity index (χ0) is 27.6. The second-order valence-electron chi connectivity index (χ2n) is 9.68. The first kappa shape index (κ1) is 26.8. The molecule has 198 valence electrons. The van der Waals surface area contributed by atoms with Gasteiger partial charge in [-0.05, 0) is 73.9 Å². The lowest BCUT2D eigenvalue weighted by atomic mass is 9.92. The summed E-state index contributed by atoms with van der Waals surface area (Å²) < 4.78 is 16.8. The molecule has 3 aromatic carbocycles. The normalized spacial score (nSPS) is 16.8. The van der Waals surface area contributed by atoms with E-state index in [4.69, 9.17) is 14.2 Å². The quantitative estimate of drug-likeness (QED) is 0.217. The van der Waals surface area contributed by atoms with E-state index in [1.54, 1.807) is 61.7 Å². The van der Waals surface area contributed by atoms with E-state index in [0.29, 0.717) is 34.1 Å². The number of ether oxygens (including phenoxy) is 3. The molecule has 4 rings (SSSR count). The fraction of sp³-hybridized carbons (Fsp3) is 0.290. The van der Waals surface area contributed by atoms with Crippen LogP contribution < -0.4 is 19.1 Å². The van der Waals surface area contributed by atoms with Crippen LogP contribution in [0.4, 0.5) is 5.69 Å². The smallest absolute Gasteiger partial charge is 0.300 e. The maximum absolute atomic E-state index is 13.5. The highest BCUT2D eigenvalue weighted by molar-refractivity contribution is 6.51. The predicted octanol–water partition coefficient (Wildman–Crippen LogP) is 6.24. The number of para-hydroxylation sites is 1. The molecule has 1 aliphatic rings. The molecule has 1 aliphatic heterocycles. The molecule has 0 aromatic heterocycles. The Balaban J connectivity index is 1.92. The molecule has 0 saturated carbocycles. The van der Waals surface area contributed by atoms with Crippen molar-refractivity contribution in [3.63, 3.8) is 0 Å². The van der Waals surface area contributed by atoms with E-state index in [2.05, 4.69) is 0 Å². The van der Waals surface area contributed by atoms with E-state index >= 15 is 0 Å². The number of nitrogens with zero attached hydrogens (tertiary/aromatic N) is 1. The number of aliphatic hydroxyl groups is 1. The van der Waals surface area contributed by atoms with Gasteiger partial charge < -0.3 is 19.3 Å². The maximum atomic E-state index is 13.5. The molecule has 1 N–H and O–H groups in total. The number of amides is 1. The summed E-state index contributed by atoms with van der Waals surface area (Å²) in [6, 6.07) is 18.5. The van der Waals surface area contributed by atoms with Gasteiger partial charge in [-0.25, -0.2) is 0 Å². The van der Waals surface area contributed by atoms with Gasteiger partial charge in [-0.15, -0.1) is 0 Å². The molecule has 1 fully saturated rings. The van der Waals surface area contributed by atoms with Crippen molar-refractivity contribution < 1.29 is 28.9 Å². The average molecular weight is 516 g/mol. The molecular weight excluding hydrogens is 482 g/mol. The molecule has 1 amide bonds. The van der Waals surface area contributed by atoms with Crippen LogP contribution in [0.1, 0.15) is 56.3 Å². The Morgan fingerprint density at radius 1 is 0.868 bits per heavy atom. The zero-order valence-electron chi connectivity index (χ0n) is 22.5. The Morgan fingerprint density at radius 2 is 1.53 bits per heavy atom. The van der Waals surface area contributed by atoms with Gasteiger partial charge in [0.25, 0.3) is 11.7 Å². The van der Waals surface area contributed by atoms with Crippen LogP contribution >= 0.6 is 0 Å².